The first kappa shape index (κ1) is 21.2. The second kappa shape index (κ2) is 6.99. The highest BCUT2D eigenvalue weighted by Gasteiger charge is 2.74. The van der Waals surface area contributed by atoms with E-state index in [1.165, 1.54) is 7.11 Å². The van der Waals surface area contributed by atoms with E-state index in [0.717, 1.165) is 0 Å². The number of methoxy groups -OCH3 is 1. The van der Waals surface area contributed by atoms with Gasteiger partial charge >= 0.3 is 5.97 Å². The SMILES string of the molecule is COC(=O)[C@]12O[C@H]1[C@@H](O)C[C@]1(C)CC(=O)[C@@H](CC(=O)C[C@H]3C[C@@H]2O[C@]3(C)CCl)O1. The summed E-state index contributed by atoms with van der Waals surface area (Å²) < 4.78 is 22.8. The molecule has 0 radical (unpaired) electrons. The molecule has 8 atom stereocenters. The molecule has 4 bridgehead atoms. The van der Waals surface area contributed by atoms with E-state index in [1.54, 1.807) is 13.8 Å². The van der Waals surface area contributed by atoms with Crippen molar-refractivity contribution in [2.75, 3.05) is 13.0 Å². The van der Waals surface area contributed by atoms with E-state index in [-0.39, 0.29) is 49.0 Å². The van der Waals surface area contributed by atoms with Crippen molar-refractivity contribution in [3.05, 3.63) is 0 Å². The van der Waals surface area contributed by atoms with E-state index in [9.17, 15) is 19.5 Å². The van der Waals surface area contributed by atoms with Gasteiger partial charge in [0.15, 0.2) is 5.78 Å². The van der Waals surface area contributed by atoms with Crippen molar-refractivity contribution >= 4 is 29.1 Å². The van der Waals surface area contributed by atoms with E-state index >= 15 is 0 Å². The summed E-state index contributed by atoms with van der Waals surface area (Å²) in [6.45, 7) is 3.53. The highest BCUT2D eigenvalue weighted by molar-refractivity contribution is 6.18. The molecule has 4 rings (SSSR count). The number of aliphatic hydroxyl groups is 1. The standard InChI is InChI=1S/C20H27ClO8/c1-18-7-12(23)14(27-18)6-11(22)4-10-5-15(28-19(10,2)9-21)20(17(25)26-3)16(29-20)13(24)8-18/h10,13-16,24H,4-9H2,1-3H3/t10-,13-,14+,15-,16-,18-,19+,20+/m0/s1. The molecule has 0 amide bonds. The van der Waals surface area contributed by atoms with Crippen LogP contribution in [0.5, 0.6) is 0 Å². The van der Waals surface area contributed by atoms with Gasteiger partial charge in [0.1, 0.15) is 24.1 Å². The molecule has 162 valence electrons. The Hall–Kier alpha value is -1.06. The van der Waals surface area contributed by atoms with Gasteiger partial charge < -0.3 is 24.1 Å². The summed E-state index contributed by atoms with van der Waals surface area (Å²) in [6.07, 6.45) is -2.70. The summed E-state index contributed by atoms with van der Waals surface area (Å²) >= 11 is 6.17. The maximum Gasteiger partial charge on any atom is 0.343 e. The fourth-order valence-corrected chi connectivity index (χ4v) is 5.54. The van der Waals surface area contributed by atoms with Gasteiger partial charge in [-0.05, 0) is 26.2 Å². The van der Waals surface area contributed by atoms with Crippen molar-refractivity contribution < 1.29 is 38.4 Å². The Balaban J connectivity index is 1.71. The molecular formula is C20H27ClO8. The number of rotatable bonds is 2. The summed E-state index contributed by atoms with van der Waals surface area (Å²) in [6, 6.07) is 0. The number of epoxide rings is 1. The number of hydrogen-bond donors (Lipinski definition) is 1. The van der Waals surface area contributed by atoms with Gasteiger partial charge in [-0.15, -0.1) is 11.6 Å². The van der Waals surface area contributed by atoms with Crippen LogP contribution < -0.4 is 0 Å². The highest BCUT2D eigenvalue weighted by Crippen LogP contribution is 2.54. The van der Waals surface area contributed by atoms with Crippen LogP contribution in [0.3, 0.4) is 0 Å². The number of carbonyl (C=O) groups excluding carboxylic acids is 3. The van der Waals surface area contributed by atoms with Gasteiger partial charge in [-0.1, -0.05) is 0 Å². The average Bonchev–Trinajstić information content (AvgIpc) is 3.25. The van der Waals surface area contributed by atoms with Gasteiger partial charge in [-0.2, -0.15) is 0 Å². The average molecular weight is 431 g/mol. The molecule has 4 aliphatic heterocycles. The zero-order valence-corrected chi connectivity index (χ0v) is 17.6. The number of esters is 1. The first-order valence-corrected chi connectivity index (χ1v) is 10.5. The monoisotopic (exact) mass is 430 g/mol. The number of ether oxygens (including phenoxy) is 4. The number of alkyl halides is 1. The smallest absolute Gasteiger partial charge is 0.343 e. The minimum atomic E-state index is -1.45. The quantitative estimate of drug-likeness (QED) is 0.391. The molecule has 8 nitrogen and oxygen atoms in total. The van der Waals surface area contributed by atoms with E-state index < -0.39 is 47.2 Å². The summed E-state index contributed by atoms with van der Waals surface area (Å²) in [5.41, 5.74) is -3.22. The van der Waals surface area contributed by atoms with Gasteiger partial charge in [-0.3, -0.25) is 9.59 Å². The lowest BCUT2D eigenvalue weighted by atomic mass is 9.81. The Morgan fingerprint density at radius 1 is 1.24 bits per heavy atom. The molecule has 4 heterocycles. The van der Waals surface area contributed by atoms with E-state index in [0.29, 0.717) is 6.42 Å². The largest absolute Gasteiger partial charge is 0.467 e. The molecule has 4 aliphatic rings. The van der Waals surface area contributed by atoms with Crippen LogP contribution >= 0.6 is 11.6 Å². The predicted molar refractivity (Wildman–Crippen MR) is 99.5 cm³/mol. The third-order valence-electron chi connectivity index (χ3n) is 6.92. The Morgan fingerprint density at radius 3 is 2.62 bits per heavy atom. The van der Waals surface area contributed by atoms with Crippen LogP contribution in [0.4, 0.5) is 0 Å². The Labute approximate surface area is 174 Å². The van der Waals surface area contributed by atoms with Crippen molar-refractivity contribution in [3.63, 3.8) is 0 Å². The van der Waals surface area contributed by atoms with Gasteiger partial charge in [0.2, 0.25) is 5.60 Å². The van der Waals surface area contributed by atoms with Gasteiger partial charge in [0.05, 0.1) is 30.3 Å². The Kier molecular flexibility index (Phi) is 5.10. The molecule has 4 fully saturated rings. The lowest BCUT2D eigenvalue weighted by Crippen LogP contribution is -2.46. The van der Waals surface area contributed by atoms with Crippen molar-refractivity contribution in [2.24, 2.45) is 5.92 Å². The molecule has 0 unspecified atom stereocenters. The van der Waals surface area contributed by atoms with E-state index in [1.807, 2.05) is 0 Å². The zero-order chi connectivity index (χ0) is 21.2. The third kappa shape index (κ3) is 3.33. The first-order chi connectivity index (χ1) is 13.6. The fourth-order valence-electron chi connectivity index (χ4n) is 5.26. The predicted octanol–water partition coefficient (Wildman–Crippen LogP) is 0.930. The molecule has 0 aromatic heterocycles. The lowest BCUT2D eigenvalue weighted by Gasteiger charge is -2.30. The number of carbonyl (C=O) groups is 3. The Bertz CT molecular complexity index is 742. The molecule has 0 aromatic rings. The van der Waals surface area contributed by atoms with Crippen LogP contribution in [0.1, 0.15) is 46.0 Å². The second-order valence-electron chi connectivity index (χ2n) is 9.23. The number of Topliss-reactive ketones (excluding diaryl/α,β-unsaturated/α-hetero) is 2. The van der Waals surface area contributed by atoms with Crippen LogP contribution in [-0.2, 0) is 33.3 Å². The van der Waals surface area contributed by atoms with Crippen LogP contribution in [-0.4, -0.2) is 76.9 Å². The van der Waals surface area contributed by atoms with Gasteiger partial charge in [0.25, 0.3) is 0 Å². The van der Waals surface area contributed by atoms with Crippen LogP contribution in [0.15, 0.2) is 0 Å². The molecule has 29 heavy (non-hydrogen) atoms. The highest BCUT2D eigenvalue weighted by atomic mass is 35.5. The number of hydrogen-bond acceptors (Lipinski definition) is 8. The first-order valence-electron chi connectivity index (χ1n) is 9.97. The topological polar surface area (TPSA) is 112 Å². The molecule has 0 aliphatic carbocycles. The van der Waals surface area contributed by atoms with Gasteiger partial charge in [0, 0.05) is 25.7 Å². The number of fused-ring (bicyclic) bond motifs is 6. The van der Waals surface area contributed by atoms with Crippen LogP contribution in [0.2, 0.25) is 0 Å². The fraction of sp³-hybridized carbons (Fsp3) is 0.850. The normalized spacial score (nSPS) is 49.6. The summed E-state index contributed by atoms with van der Waals surface area (Å²) in [5.74, 6) is -1.02. The summed E-state index contributed by atoms with van der Waals surface area (Å²) in [5, 5.41) is 10.8. The number of ketones is 2. The second-order valence-corrected chi connectivity index (χ2v) is 9.49. The van der Waals surface area contributed by atoms with E-state index in [4.69, 9.17) is 30.5 Å². The third-order valence-corrected chi connectivity index (χ3v) is 7.45. The minimum Gasteiger partial charge on any atom is -0.467 e. The van der Waals surface area contributed by atoms with Crippen molar-refractivity contribution in [3.8, 4) is 0 Å². The molecular weight excluding hydrogens is 404 g/mol. The van der Waals surface area contributed by atoms with Crippen LogP contribution in [0.25, 0.3) is 0 Å². The van der Waals surface area contributed by atoms with Crippen molar-refractivity contribution in [1.82, 2.24) is 0 Å². The maximum atomic E-state index is 12.7. The molecule has 9 heteroatoms. The molecule has 0 spiro atoms. The number of halogens is 1. The summed E-state index contributed by atoms with van der Waals surface area (Å²) in [7, 11) is 1.25. The molecule has 0 aromatic carbocycles. The van der Waals surface area contributed by atoms with Gasteiger partial charge in [-0.25, -0.2) is 4.79 Å². The van der Waals surface area contributed by atoms with Crippen molar-refractivity contribution in [2.45, 2.75) is 87.2 Å². The summed E-state index contributed by atoms with van der Waals surface area (Å²) in [4.78, 5) is 37.8. The maximum absolute atomic E-state index is 12.7. The zero-order valence-electron chi connectivity index (χ0n) is 16.8. The molecule has 4 saturated heterocycles. The van der Waals surface area contributed by atoms with E-state index in [2.05, 4.69) is 0 Å². The van der Waals surface area contributed by atoms with Crippen LogP contribution in [0, 0.1) is 5.92 Å². The molecule has 0 saturated carbocycles. The Morgan fingerprint density at radius 2 is 1.97 bits per heavy atom. The number of aliphatic hydroxyl groups excluding tert-OH is 1. The van der Waals surface area contributed by atoms with Crippen molar-refractivity contribution in [1.29, 1.82) is 0 Å². The minimum absolute atomic E-state index is 0.00781. The molecule has 1 N–H and O–H groups in total. The lowest BCUT2D eigenvalue weighted by molar-refractivity contribution is -0.155.